The standard InChI is InChI=1S/C20H17N3O3/c1-3-25-19-11-14(8-9-18(19)26-13(2)24)10-15(12-21)20-22-16-6-4-5-7-17(16)23-20/h4-11H,3H2,1-2H3,(H,22,23)/b15-10+. The number of ether oxygens (including phenoxy) is 2. The first-order valence-corrected chi connectivity index (χ1v) is 8.13. The van der Waals surface area contributed by atoms with Gasteiger partial charge in [-0.25, -0.2) is 4.98 Å². The fourth-order valence-corrected chi connectivity index (χ4v) is 2.52. The molecule has 0 aliphatic rings. The number of nitrogens with zero attached hydrogens (tertiary/aromatic N) is 2. The second-order valence-corrected chi connectivity index (χ2v) is 5.51. The number of nitrogens with one attached hydrogen (secondary N) is 1. The number of H-pyrrole nitrogens is 1. The summed E-state index contributed by atoms with van der Waals surface area (Å²) in [5.41, 5.74) is 2.79. The molecule has 1 heterocycles. The Morgan fingerprint density at radius 2 is 2.08 bits per heavy atom. The molecule has 0 amide bonds. The van der Waals surface area contributed by atoms with Gasteiger partial charge in [-0.15, -0.1) is 0 Å². The van der Waals surface area contributed by atoms with Crippen molar-refractivity contribution in [2.75, 3.05) is 6.61 Å². The van der Waals surface area contributed by atoms with Crippen LogP contribution in [0.15, 0.2) is 42.5 Å². The Morgan fingerprint density at radius 1 is 1.27 bits per heavy atom. The number of nitriles is 1. The maximum absolute atomic E-state index is 11.2. The van der Waals surface area contributed by atoms with Gasteiger partial charge in [0.1, 0.15) is 11.9 Å². The van der Waals surface area contributed by atoms with Gasteiger partial charge in [0.15, 0.2) is 11.5 Å². The third kappa shape index (κ3) is 3.73. The molecule has 0 fully saturated rings. The van der Waals surface area contributed by atoms with Crippen molar-refractivity contribution in [3.63, 3.8) is 0 Å². The quantitative estimate of drug-likeness (QED) is 0.429. The van der Waals surface area contributed by atoms with Crippen molar-refractivity contribution in [1.29, 1.82) is 5.26 Å². The van der Waals surface area contributed by atoms with E-state index in [0.29, 0.717) is 29.5 Å². The predicted octanol–water partition coefficient (Wildman–Crippen LogP) is 3.95. The maximum atomic E-state index is 11.2. The number of hydrogen-bond donors (Lipinski definition) is 1. The van der Waals surface area contributed by atoms with Crippen LogP contribution in [0.25, 0.3) is 22.7 Å². The third-order valence-corrected chi connectivity index (χ3v) is 3.60. The topological polar surface area (TPSA) is 88.0 Å². The smallest absolute Gasteiger partial charge is 0.308 e. The van der Waals surface area contributed by atoms with Crippen LogP contribution in [-0.4, -0.2) is 22.5 Å². The van der Waals surface area contributed by atoms with Crippen LogP contribution in [0.3, 0.4) is 0 Å². The Bertz CT molecular complexity index is 995. The van der Waals surface area contributed by atoms with Gasteiger partial charge in [-0.3, -0.25) is 4.79 Å². The van der Waals surface area contributed by atoms with E-state index >= 15 is 0 Å². The number of para-hydroxylation sites is 2. The summed E-state index contributed by atoms with van der Waals surface area (Å²) in [5, 5.41) is 9.53. The number of carbonyl (C=O) groups excluding carboxylic acids is 1. The molecule has 0 saturated carbocycles. The van der Waals surface area contributed by atoms with E-state index in [1.54, 1.807) is 24.3 Å². The van der Waals surface area contributed by atoms with Gasteiger partial charge in [0, 0.05) is 6.92 Å². The van der Waals surface area contributed by atoms with Gasteiger partial charge in [0.05, 0.1) is 23.2 Å². The zero-order chi connectivity index (χ0) is 18.5. The maximum Gasteiger partial charge on any atom is 0.308 e. The Morgan fingerprint density at radius 3 is 2.77 bits per heavy atom. The second kappa shape index (κ2) is 7.53. The normalized spacial score (nSPS) is 11.2. The average molecular weight is 347 g/mol. The summed E-state index contributed by atoms with van der Waals surface area (Å²) in [6, 6.07) is 14.9. The largest absolute Gasteiger partial charge is 0.490 e. The zero-order valence-corrected chi connectivity index (χ0v) is 14.4. The molecule has 0 saturated heterocycles. The molecule has 0 bridgehead atoms. The molecular weight excluding hydrogens is 330 g/mol. The summed E-state index contributed by atoms with van der Waals surface area (Å²) < 4.78 is 10.7. The zero-order valence-electron chi connectivity index (χ0n) is 14.4. The number of esters is 1. The first-order valence-electron chi connectivity index (χ1n) is 8.13. The van der Waals surface area contributed by atoms with Crippen molar-refractivity contribution < 1.29 is 14.3 Å². The highest BCUT2D eigenvalue weighted by molar-refractivity contribution is 5.90. The van der Waals surface area contributed by atoms with Crippen molar-refractivity contribution in [1.82, 2.24) is 9.97 Å². The lowest BCUT2D eigenvalue weighted by Crippen LogP contribution is -2.04. The molecule has 0 aliphatic heterocycles. The summed E-state index contributed by atoms with van der Waals surface area (Å²) in [6.45, 7) is 3.60. The Hall–Kier alpha value is -3.59. The monoisotopic (exact) mass is 347 g/mol. The van der Waals surface area contributed by atoms with Gasteiger partial charge in [0.25, 0.3) is 0 Å². The first-order chi connectivity index (χ1) is 12.6. The van der Waals surface area contributed by atoms with Crippen LogP contribution in [0.1, 0.15) is 25.2 Å². The van der Waals surface area contributed by atoms with Crippen LogP contribution in [0.5, 0.6) is 11.5 Å². The third-order valence-electron chi connectivity index (χ3n) is 3.60. The van der Waals surface area contributed by atoms with Crippen molar-refractivity contribution in [2.24, 2.45) is 0 Å². The van der Waals surface area contributed by atoms with Crippen LogP contribution in [0.2, 0.25) is 0 Å². The highest BCUT2D eigenvalue weighted by Gasteiger charge is 2.11. The highest BCUT2D eigenvalue weighted by Crippen LogP contribution is 2.30. The summed E-state index contributed by atoms with van der Waals surface area (Å²) in [6.07, 6.45) is 1.71. The molecule has 3 rings (SSSR count). The minimum absolute atomic E-state index is 0.346. The van der Waals surface area contributed by atoms with Crippen LogP contribution in [0, 0.1) is 11.3 Å². The van der Waals surface area contributed by atoms with Gasteiger partial charge < -0.3 is 14.5 Å². The van der Waals surface area contributed by atoms with Crippen LogP contribution >= 0.6 is 0 Å². The molecule has 1 N–H and O–H groups in total. The molecular formula is C20H17N3O3. The summed E-state index contributed by atoms with van der Waals surface area (Å²) in [7, 11) is 0. The molecule has 0 aliphatic carbocycles. The van der Waals surface area contributed by atoms with Crippen molar-refractivity contribution in [2.45, 2.75) is 13.8 Å². The fraction of sp³-hybridized carbons (Fsp3) is 0.150. The number of allylic oxidation sites excluding steroid dienone is 1. The minimum atomic E-state index is -0.422. The lowest BCUT2D eigenvalue weighted by Gasteiger charge is -2.10. The molecule has 1 aromatic heterocycles. The summed E-state index contributed by atoms with van der Waals surface area (Å²) in [4.78, 5) is 18.8. The molecule has 0 spiro atoms. The molecule has 130 valence electrons. The minimum Gasteiger partial charge on any atom is -0.490 e. The Labute approximate surface area is 150 Å². The van der Waals surface area contributed by atoms with Gasteiger partial charge in [0.2, 0.25) is 0 Å². The number of benzene rings is 2. The number of hydrogen-bond acceptors (Lipinski definition) is 5. The highest BCUT2D eigenvalue weighted by atomic mass is 16.6. The lowest BCUT2D eigenvalue weighted by atomic mass is 10.1. The predicted molar refractivity (Wildman–Crippen MR) is 98.5 cm³/mol. The van der Waals surface area contributed by atoms with Crippen LogP contribution in [0.4, 0.5) is 0 Å². The van der Waals surface area contributed by atoms with Crippen LogP contribution < -0.4 is 9.47 Å². The van der Waals surface area contributed by atoms with E-state index in [9.17, 15) is 10.1 Å². The molecule has 6 heteroatoms. The van der Waals surface area contributed by atoms with Gasteiger partial charge >= 0.3 is 5.97 Å². The fourth-order valence-electron chi connectivity index (χ4n) is 2.52. The number of fused-ring (bicyclic) bond motifs is 1. The molecule has 2 aromatic carbocycles. The van der Waals surface area contributed by atoms with E-state index < -0.39 is 5.97 Å². The van der Waals surface area contributed by atoms with Gasteiger partial charge in [-0.05, 0) is 42.8 Å². The van der Waals surface area contributed by atoms with E-state index in [1.807, 2.05) is 31.2 Å². The van der Waals surface area contributed by atoms with Crippen LogP contribution in [-0.2, 0) is 4.79 Å². The molecule has 3 aromatic rings. The number of rotatable bonds is 5. The average Bonchev–Trinajstić information content (AvgIpc) is 3.05. The number of aromatic amines is 1. The molecule has 6 nitrogen and oxygen atoms in total. The van der Waals surface area contributed by atoms with Gasteiger partial charge in [-0.2, -0.15) is 5.26 Å². The van der Waals surface area contributed by atoms with Crippen molar-refractivity contribution in [3.8, 4) is 17.6 Å². The van der Waals surface area contributed by atoms with E-state index in [0.717, 1.165) is 16.6 Å². The van der Waals surface area contributed by atoms with Gasteiger partial charge in [-0.1, -0.05) is 18.2 Å². The molecule has 0 radical (unpaired) electrons. The molecule has 26 heavy (non-hydrogen) atoms. The summed E-state index contributed by atoms with van der Waals surface area (Å²) in [5.74, 6) is 0.863. The number of aromatic nitrogens is 2. The van der Waals surface area contributed by atoms with Crippen molar-refractivity contribution in [3.05, 3.63) is 53.9 Å². The Balaban J connectivity index is 1.99. The van der Waals surface area contributed by atoms with E-state index in [1.165, 1.54) is 6.92 Å². The van der Waals surface area contributed by atoms with Crippen molar-refractivity contribution >= 4 is 28.7 Å². The van der Waals surface area contributed by atoms with E-state index in [2.05, 4.69) is 16.0 Å². The Kier molecular flexibility index (Phi) is 4.99. The molecule has 0 unspecified atom stereocenters. The SMILES string of the molecule is CCOc1cc(/C=C(\C#N)c2nc3ccccc3[nH]2)ccc1OC(C)=O. The first kappa shape index (κ1) is 17.2. The molecule has 0 atom stereocenters. The number of carbonyl (C=O) groups is 1. The van der Waals surface area contributed by atoms with E-state index in [-0.39, 0.29) is 0 Å². The lowest BCUT2D eigenvalue weighted by molar-refractivity contribution is -0.132. The number of imidazole rings is 1. The summed E-state index contributed by atoms with van der Waals surface area (Å²) >= 11 is 0. The second-order valence-electron chi connectivity index (χ2n) is 5.51. The van der Waals surface area contributed by atoms with E-state index in [4.69, 9.17) is 9.47 Å².